The van der Waals surface area contributed by atoms with Gasteiger partial charge in [-0.25, -0.2) is 4.68 Å². The molecule has 0 aliphatic heterocycles. The number of para-hydroxylation sites is 1. The van der Waals surface area contributed by atoms with Gasteiger partial charge < -0.3 is 24.8 Å². The second-order valence-corrected chi connectivity index (χ2v) is 6.10. The van der Waals surface area contributed by atoms with Crippen LogP contribution in [0.1, 0.15) is 21.0 Å². The number of methoxy groups -OCH3 is 2. The molecule has 2 heterocycles. The fourth-order valence-electron chi connectivity index (χ4n) is 2.70. The number of aryl methyl sites for hydroxylation is 1. The Morgan fingerprint density at radius 1 is 1.07 bits per heavy atom. The van der Waals surface area contributed by atoms with E-state index >= 15 is 0 Å². The quantitative estimate of drug-likeness (QED) is 0.569. The number of amides is 2. The zero-order valence-corrected chi connectivity index (χ0v) is 17.0. The van der Waals surface area contributed by atoms with Gasteiger partial charge in [-0.05, 0) is 18.2 Å². The maximum absolute atomic E-state index is 12.5. The van der Waals surface area contributed by atoms with Crippen LogP contribution in [-0.2, 0) is 13.8 Å². The van der Waals surface area contributed by atoms with E-state index in [9.17, 15) is 9.59 Å². The summed E-state index contributed by atoms with van der Waals surface area (Å²) in [5, 5.41) is 13.4. The first-order valence-corrected chi connectivity index (χ1v) is 8.91. The van der Waals surface area contributed by atoms with E-state index in [0.717, 1.165) is 0 Å². The van der Waals surface area contributed by atoms with Crippen LogP contribution in [0.25, 0.3) is 0 Å². The molecule has 158 valence electrons. The molecule has 0 aliphatic carbocycles. The van der Waals surface area contributed by atoms with E-state index in [1.807, 2.05) is 0 Å². The highest BCUT2D eigenvalue weighted by Crippen LogP contribution is 2.36. The summed E-state index contributed by atoms with van der Waals surface area (Å²) in [7, 11) is 6.20. The molecular formula is C19H22N6O5. The Hall–Kier alpha value is -4.02. The van der Waals surface area contributed by atoms with Crippen molar-refractivity contribution < 1.29 is 23.8 Å². The summed E-state index contributed by atoms with van der Waals surface area (Å²) in [4.78, 5) is 24.4. The second-order valence-electron chi connectivity index (χ2n) is 6.10. The number of anilines is 1. The van der Waals surface area contributed by atoms with Crippen molar-refractivity contribution in [2.45, 2.75) is 6.73 Å². The summed E-state index contributed by atoms with van der Waals surface area (Å²) in [6, 6.07) is 6.82. The van der Waals surface area contributed by atoms with Gasteiger partial charge in [0.1, 0.15) is 0 Å². The van der Waals surface area contributed by atoms with Gasteiger partial charge in [0.25, 0.3) is 11.8 Å². The van der Waals surface area contributed by atoms with Crippen LogP contribution in [0.15, 0.2) is 36.7 Å². The molecule has 0 radical (unpaired) electrons. The lowest BCUT2D eigenvalue weighted by Gasteiger charge is -2.13. The van der Waals surface area contributed by atoms with E-state index in [0.29, 0.717) is 17.2 Å². The van der Waals surface area contributed by atoms with Crippen LogP contribution in [0.5, 0.6) is 17.2 Å². The summed E-state index contributed by atoms with van der Waals surface area (Å²) in [5.41, 5.74) is 0.545. The molecule has 11 heteroatoms. The van der Waals surface area contributed by atoms with E-state index in [-0.39, 0.29) is 23.8 Å². The Bertz CT molecular complexity index is 1040. The van der Waals surface area contributed by atoms with Gasteiger partial charge in [0.15, 0.2) is 29.6 Å². The molecule has 0 saturated heterocycles. The monoisotopic (exact) mass is 414 g/mol. The summed E-state index contributed by atoms with van der Waals surface area (Å²) >= 11 is 0. The first-order valence-electron chi connectivity index (χ1n) is 8.91. The molecular weight excluding hydrogens is 392 g/mol. The molecule has 11 nitrogen and oxygen atoms in total. The van der Waals surface area contributed by atoms with Gasteiger partial charge >= 0.3 is 0 Å². The maximum Gasteiger partial charge on any atom is 0.276 e. The average molecular weight is 414 g/mol. The molecule has 0 unspecified atom stereocenters. The van der Waals surface area contributed by atoms with Crippen LogP contribution in [0, 0.1) is 0 Å². The summed E-state index contributed by atoms with van der Waals surface area (Å²) in [6.45, 7) is 0.0282. The van der Waals surface area contributed by atoms with E-state index in [1.54, 1.807) is 31.4 Å². The number of ether oxygens (including phenoxy) is 3. The molecule has 3 aromatic rings. The smallest absolute Gasteiger partial charge is 0.276 e. The maximum atomic E-state index is 12.5. The van der Waals surface area contributed by atoms with Crippen molar-refractivity contribution >= 4 is 17.5 Å². The summed E-state index contributed by atoms with van der Waals surface area (Å²) < 4.78 is 19.2. The van der Waals surface area contributed by atoms with Gasteiger partial charge in [-0.2, -0.15) is 10.2 Å². The first-order chi connectivity index (χ1) is 14.5. The van der Waals surface area contributed by atoms with Crippen LogP contribution in [0.3, 0.4) is 0 Å². The molecule has 2 N–H and O–H groups in total. The van der Waals surface area contributed by atoms with Gasteiger partial charge in [0.05, 0.1) is 19.9 Å². The number of hydrogen-bond acceptors (Lipinski definition) is 7. The predicted octanol–water partition coefficient (Wildman–Crippen LogP) is 1.28. The zero-order valence-electron chi connectivity index (χ0n) is 17.0. The van der Waals surface area contributed by atoms with Crippen molar-refractivity contribution in [3.63, 3.8) is 0 Å². The third-order valence-corrected chi connectivity index (χ3v) is 4.12. The lowest BCUT2D eigenvalue weighted by Crippen LogP contribution is -2.21. The second kappa shape index (κ2) is 8.99. The number of nitrogens with one attached hydrogen (secondary N) is 2. The molecule has 2 amide bonds. The molecule has 2 aromatic heterocycles. The van der Waals surface area contributed by atoms with Crippen LogP contribution in [0.4, 0.5) is 5.69 Å². The molecule has 0 spiro atoms. The summed E-state index contributed by atoms with van der Waals surface area (Å²) in [5.74, 6) is 0.558. The van der Waals surface area contributed by atoms with Crippen LogP contribution < -0.4 is 24.8 Å². The Morgan fingerprint density at radius 2 is 1.77 bits per heavy atom. The number of rotatable bonds is 8. The minimum Gasteiger partial charge on any atom is -0.493 e. The standard InChI is InChI=1S/C19H22N6O5/c1-20-19(27)16-13(10-24(2)23-16)21-18(26)12-8-9-25(22-12)11-30-17-14(28-3)6-5-7-15(17)29-4/h5-10H,11H2,1-4H3,(H,20,27)(H,21,26). The van der Waals surface area contributed by atoms with Crippen molar-refractivity contribution in [2.24, 2.45) is 7.05 Å². The third kappa shape index (κ3) is 4.35. The van der Waals surface area contributed by atoms with Crippen molar-refractivity contribution in [3.8, 4) is 17.2 Å². The van der Waals surface area contributed by atoms with Crippen molar-refractivity contribution in [2.75, 3.05) is 26.6 Å². The molecule has 0 aliphatic rings. The van der Waals surface area contributed by atoms with E-state index < -0.39 is 11.8 Å². The third-order valence-electron chi connectivity index (χ3n) is 4.12. The highest BCUT2D eigenvalue weighted by atomic mass is 16.5. The number of aromatic nitrogens is 4. The summed E-state index contributed by atoms with van der Waals surface area (Å²) in [6.07, 6.45) is 3.14. The topological polar surface area (TPSA) is 122 Å². The van der Waals surface area contributed by atoms with E-state index in [1.165, 1.54) is 42.9 Å². The predicted molar refractivity (Wildman–Crippen MR) is 107 cm³/mol. The minimum atomic E-state index is -0.484. The molecule has 0 atom stereocenters. The van der Waals surface area contributed by atoms with Crippen LogP contribution >= 0.6 is 0 Å². The van der Waals surface area contributed by atoms with Gasteiger partial charge in [0, 0.05) is 26.5 Å². The largest absolute Gasteiger partial charge is 0.493 e. The van der Waals surface area contributed by atoms with Gasteiger partial charge in [-0.3, -0.25) is 14.3 Å². The van der Waals surface area contributed by atoms with Crippen molar-refractivity contribution in [1.29, 1.82) is 0 Å². The lowest BCUT2D eigenvalue weighted by molar-refractivity contribution is 0.0958. The molecule has 0 bridgehead atoms. The zero-order chi connectivity index (χ0) is 21.7. The highest BCUT2D eigenvalue weighted by molar-refractivity contribution is 6.07. The van der Waals surface area contributed by atoms with Gasteiger partial charge in [0.2, 0.25) is 5.75 Å². The van der Waals surface area contributed by atoms with E-state index in [2.05, 4.69) is 20.8 Å². The Labute approximate surface area is 172 Å². The Morgan fingerprint density at radius 3 is 2.40 bits per heavy atom. The van der Waals surface area contributed by atoms with Crippen LogP contribution in [0.2, 0.25) is 0 Å². The first kappa shape index (κ1) is 20.7. The number of carbonyl (C=O) groups excluding carboxylic acids is 2. The molecule has 0 fully saturated rings. The minimum absolute atomic E-state index is 0.0282. The Kier molecular flexibility index (Phi) is 6.20. The van der Waals surface area contributed by atoms with Crippen molar-refractivity contribution in [3.05, 3.63) is 48.0 Å². The fourth-order valence-corrected chi connectivity index (χ4v) is 2.70. The molecule has 30 heavy (non-hydrogen) atoms. The highest BCUT2D eigenvalue weighted by Gasteiger charge is 2.19. The number of nitrogens with zero attached hydrogens (tertiary/aromatic N) is 4. The number of benzene rings is 1. The molecule has 3 rings (SSSR count). The number of hydrogen-bond donors (Lipinski definition) is 2. The fraction of sp³-hybridized carbons (Fsp3) is 0.263. The van der Waals surface area contributed by atoms with Gasteiger partial charge in [-0.15, -0.1) is 0 Å². The van der Waals surface area contributed by atoms with Crippen molar-refractivity contribution in [1.82, 2.24) is 24.9 Å². The normalized spacial score (nSPS) is 10.4. The van der Waals surface area contributed by atoms with E-state index in [4.69, 9.17) is 14.2 Å². The van der Waals surface area contributed by atoms with Gasteiger partial charge in [-0.1, -0.05) is 6.07 Å². The molecule has 0 saturated carbocycles. The molecule has 1 aromatic carbocycles. The average Bonchev–Trinajstić information content (AvgIpc) is 3.37. The Balaban J connectivity index is 1.70. The van der Waals surface area contributed by atoms with Crippen LogP contribution in [-0.4, -0.2) is 52.6 Å². The SMILES string of the molecule is CNC(=O)c1nn(C)cc1NC(=O)c1ccn(COc2c(OC)cccc2OC)n1. The lowest BCUT2D eigenvalue weighted by atomic mass is 10.3. The number of carbonyl (C=O) groups is 2.